The van der Waals surface area contributed by atoms with Gasteiger partial charge in [-0.3, -0.25) is 14.4 Å². The van der Waals surface area contributed by atoms with Crippen molar-refractivity contribution in [2.45, 2.75) is 322 Å². The molecule has 69 heavy (non-hydrogen) atoms. The van der Waals surface area contributed by atoms with Crippen LogP contribution in [-0.2, 0) is 28.6 Å². The number of rotatable bonds is 55. The molecule has 0 aromatic rings. The molecule has 402 valence electrons. The molecule has 0 radical (unpaired) electrons. The van der Waals surface area contributed by atoms with E-state index in [4.69, 9.17) is 14.2 Å². The van der Waals surface area contributed by atoms with Crippen molar-refractivity contribution in [3.05, 3.63) is 48.6 Å². The Kier molecular flexibility index (Phi) is 55.7. The summed E-state index contributed by atoms with van der Waals surface area (Å²) >= 11 is 0. The number of hydrogen-bond donors (Lipinski definition) is 0. The standard InChI is InChI=1S/C63H114O6/c1-4-7-10-13-16-19-22-25-28-30-32-34-35-38-41-44-47-50-53-56-62(65)68-59-60(58-67-61(64)55-52-49-46-43-40-37-27-24-21-18-15-12-9-6-3)69-63(66)57-54-51-48-45-42-39-36-33-31-29-26-23-20-17-14-11-8-5-2/h16,19-20,23,25,28-29,31,60H,4-15,17-18,21-22,24,26-27,30,32-59H2,1-3H3/b19-16-,23-20-,28-25-,31-29-. The van der Waals surface area contributed by atoms with Gasteiger partial charge in [-0.2, -0.15) is 0 Å². The SMILES string of the molecule is CCCCC/C=C\C/C=C\CCCCCCCCCCCC(=O)OCC(COC(=O)CCCCCCCCCCCCCCCC)OC(=O)CCCCCCCCC/C=C\C/C=C\CCCCCC. The predicted octanol–water partition coefficient (Wildman–Crippen LogP) is 20.2. The lowest BCUT2D eigenvalue weighted by Gasteiger charge is -2.18. The Bertz CT molecular complexity index is 1200. The van der Waals surface area contributed by atoms with Crippen LogP contribution in [-0.4, -0.2) is 37.2 Å². The van der Waals surface area contributed by atoms with Gasteiger partial charge in [0, 0.05) is 19.3 Å². The summed E-state index contributed by atoms with van der Waals surface area (Å²) in [6.45, 7) is 6.63. The van der Waals surface area contributed by atoms with Crippen LogP contribution >= 0.6 is 0 Å². The number of ether oxygens (including phenoxy) is 3. The van der Waals surface area contributed by atoms with Crippen molar-refractivity contribution in [3.63, 3.8) is 0 Å². The molecule has 0 aromatic heterocycles. The van der Waals surface area contributed by atoms with Crippen molar-refractivity contribution in [1.82, 2.24) is 0 Å². The number of unbranched alkanes of at least 4 members (excludes halogenated alkanes) is 36. The van der Waals surface area contributed by atoms with Crippen molar-refractivity contribution < 1.29 is 28.6 Å². The summed E-state index contributed by atoms with van der Waals surface area (Å²) in [4.78, 5) is 38.2. The number of carbonyl (C=O) groups excluding carboxylic acids is 3. The van der Waals surface area contributed by atoms with Gasteiger partial charge in [-0.05, 0) is 83.5 Å². The Morgan fingerprint density at radius 2 is 0.522 bits per heavy atom. The molecule has 1 unspecified atom stereocenters. The fourth-order valence-electron chi connectivity index (χ4n) is 8.74. The summed E-state index contributed by atoms with van der Waals surface area (Å²) in [6.07, 6.45) is 71.0. The molecule has 0 saturated carbocycles. The molecule has 0 aliphatic carbocycles. The monoisotopic (exact) mass is 967 g/mol. The average Bonchev–Trinajstić information content (AvgIpc) is 3.35. The highest BCUT2D eigenvalue weighted by atomic mass is 16.6. The second kappa shape index (κ2) is 57.9. The first-order valence-corrected chi connectivity index (χ1v) is 30.1. The van der Waals surface area contributed by atoms with E-state index in [1.54, 1.807) is 0 Å². The van der Waals surface area contributed by atoms with E-state index in [1.165, 1.54) is 199 Å². The van der Waals surface area contributed by atoms with Gasteiger partial charge >= 0.3 is 17.9 Å². The van der Waals surface area contributed by atoms with E-state index in [2.05, 4.69) is 69.4 Å². The third-order valence-corrected chi connectivity index (χ3v) is 13.3. The maximum absolute atomic E-state index is 12.9. The molecule has 0 amide bonds. The minimum absolute atomic E-state index is 0.0744. The highest BCUT2D eigenvalue weighted by Crippen LogP contribution is 2.16. The molecule has 0 bridgehead atoms. The molecule has 0 N–H and O–H groups in total. The molecule has 0 fully saturated rings. The molecule has 6 nitrogen and oxygen atoms in total. The van der Waals surface area contributed by atoms with E-state index in [1.807, 2.05) is 0 Å². The van der Waals surface area contributed by atoms with Crippen LogP contribution in [0.2, 0.25) is 0 Å². The average molecular weight is 968 g/mol. The number of esters is 3. The van der Waals surface area contributed by atoms with Gasteiger partial charge < -0.3 is 14.2 Å². The predicted molar refractivity (Wildman–Crippen MR) is 298 cm³/mol. The maximum atomic E-state index is 12.9. The largest absolute Gasteiger partial charge is 0.462 e. The van der Waals surface area contributed by atoms with E-state index in [0.717, 1.165) is 77.0 Å². The van der Waals surface area contributed by atoms with Crippen molar-refractivity contribution in [2.24, 2.45) is 0 Å². The van der Waals surface area contributed by atoms with Crippen molar-refractivity contribution in [2.75, 3.05) is 13.2 Å². The van der Waals surface area contributed by atoms with E-state index < -0.39 is 6.10 Å². The van der Waals surface area contributed by atoms with Gasteiger partial charge in [0.1, 0.15) is 13.2 Å². The number of hydrogen-bond acceptors (Lipinski definition) is 6. The summed E-state index contributed by atoms with van der Waals surface area (Å²) in [6, 6.07) is 0. The van der Waals surface area contributed by atoms with E-state index >= 15 is 0 Å². The molecule has 6 heteroatoms. The summed E-state index contributed by atoms with van der Waals surface area (Å²) < 4.78 is 16.9. The first kappa shape index (κ1) is 66.4. The Labute approximate surface area is 428 Å². The maximum Gasteiger partial charge on any atom is 0.306 e. The zero-order valence-corrected chi connectivity index (χ0v) is 46.1. The molecule has 0 heterocycles. The summed E-state index contributed by atoms with van der Waals surface area (Å²) in [5.41, 5.74) is 0. The first-order chi connectivity index (χ1) is 34.0. The second-order valence-electron chi connectivity index (χ2n) is 20.3. The van der Waals surface area contributed by atoms with Gasteiger partial charge in [0.2, 0.25) is 0 Å². The van der Waals surface area contributed by atoms with Gasteiger partial charge in [0.25, 0.3) is 0 Å². The first-order valence-electron chi connectivity index (χ1n) is 30.1. The fraction of sp³-hybridized carbons (Fsp3) is 0.825. The molecule has 0 aliphatic heterocycles. The lowest BCUT2D eigenvalue weighted by Crippen LogP contribution is -2.30. The Balaban J connectivity index is 4.36. The van der Waals surface area contributed by atoms with Crippen molar-refractivity contribution in [1.29, 1.82) is 0 Å². The highest BCUT2D eigenvalue weighted by Gasteiger charge is 2.19. The van der Waals surface area contributed by atoms with Crippen LogP contribution in [0.25, 0.3) is 0 Å². The van der Waals surface area contributed by atoms with Crippen LogP contribution in [0.5, 0.6) is 0 Å². The van der Waals surface area contributed by atoms with Gasteiger partial charge in [-0.1, -0.05) is 262 Å². The highest BCUT2D eigenvalue weighted by molar-refractivity contribution is 5.71. The number of carbonyl (C=O) groups is 3. The zero-order valence-electron chi connectivity index (χ0n) is 46.1. The second-order valence-corrected chi connectivity index (χ2v) is 20.3. The van der Waals surface area contributed by atoms with E-state index in [0.29, 0.717) is 19.3 Å². The Hall–Kier alpha value is -2.63. The van der Waals surface area contributed by atoms with Gasteiger partial charge in [0.05, 0.1) is 0 Å². The number of allylic oxidation sites excluding steroid dienone is 8. The molecular formula is C63H114O6. The quantitative estimate of drug-likeness (QED) is 0.0262. The van der Waals surface area contributed by atoms with Crippen molar-refractivity contribution in [3.8, 4) is 0 Å². The lowest BCUT2D eigenvalue weighted by molar-refractivity contribution is -0.167. The van der Waals surface area contributed by atoms with E-state index in [-0.39, 0.29) is 31.1 Å². The molecule has 0 aromatic carbocycles. The van der Waals surface area contributed by atoms with Crippen LogP contribution in [0.1, 0.15) is 316 Å². The fourth-order valence-corrected chi connectivity index (χ4v) is 8.74. The topological polar surface area (TPSA) is 78.9 Å². The third kappa shape index (κ3) is 56.2. The smallest absolute Gasteiger partial charge is 0.306 e. The molecule has 0 rings (SSSR count). The molecule has 0 spiro atoms. The van der Waals surface area contributed by atoms with Gasteiger partial charge in [-0.25, -0.2) is 0 Å². The Morgan fingerprint density at radius 3 is 0.841 bits per heavy atom. The third-order valence-electron chi connectivity index (χ3n) is 13.3. The summed E-state index contributed by atoms with van der Waals surface area (Å²) in [5.74, 6) is -0.869. The van der Waals surface area contributed by atoms with Gasteiger partial charge in [0.15, 0.2) is 6.10 Å². The zero-order chi connectivity index (χ0) is 50.0. The lowest BCUT2D eigenvalue weighted by atomic mass is 10.0. The van der Waals surface area contributed by atoms with Crippen molar-refractivity contribution >= 4 is 17.9 Å². The van der Waals surface area contributed by atoms with Crippen LogP contribution in [0.4, 0.5) is 0 Å². The summed E-state index contributed by atoms with van der Waals surface area (Å²) in [5, 5.41) is 0. The Morgan fingerprint density at radius 1 is 0.290 bits per heavy atom. The van der Waals surface area contributed by atoms with Crippen LogP contribution < -0.4 is 0 Å². The summed E-state index contributed by atoms with van der Waals surface area (Å²) in [7, 11) is 0. The van der Waals surface area contributed by atoms with Gasteiger partial charge in [-0.15, -0.1) is 0 Å². The normalized spacial score (nSPS) is 12.3. The van der Waals surface area contributed by atoms with Crippen LogP contribution in [0, 0.1) is 0 Å². The molecular weight excluding hydrogens is 853 g/mol. The van der Waals surface area contributed by atoms with Crippen LogP contribution in [0.15, 0.2) is 48.6 Å². The minimum Gasteiger partial charge on any atom is -0.462 e. The van der Waals surface area contributed by atoms with Crippen LogP contribution in [0.3, 0.4) is 0 Å². The minimum atomic E-state index is -0.777. The van der Waals surface area contributed by atoms with E-state index in [9.17, 15) is 14.4 Å². The molecule has 0 saturated heterocycles. The molecule has 1 atom stereocenters. The molecule has 0 aliphatic rings.